The summed E-state index contributed by atoms with van der Waals surface area (Å²) in [5.74, 6) is 0.611. The molecule has 1 atom stereocenters. The van der Waals surface area contributed by atoms with Crippen LogP contribution in [0.25, 0.3) is 11.3 Å². The van der Waals surface area contributed by atoms with Crippen LogP contribution in [0.15, 0.2) is 58.0 Å². The Balaban J connectivity index is 1.85. The molecule has 0 saturated heterocycles. The first-order chi connectivity index (χ1) is 12.6. The lowest BCUT2D eigenvalue weighted by molar-refractivity contribution is -0.119. The number of nitrogens with one attached hydrogen (secondary N) is 1. The zero-order valence-corrected chi connectivity index (χ0v) is 14.4. The highest BCUT2D eigenvalue weighted by Gasteiger charge is 2.19. The first kappa shape index (κ1) is 17.4. The number of anilines is 1. The Bertz CT molecular complexity index is 933. The number of ether oxygens (including phenoxy) is 1. The molecule has 1 N–H and O–H groups in total. The zero-order valence-electron chi connectivity index (χ0n) is 14.4. The third kappa shape index (κ3) is 3.80. The number of hydrogen-bond acceptors (Lipinski definition) is 6. The van der Waals surface area contributed by atoms with Crippen LogP contribution in [0.4, 0.5) is 5.82 Å². The Morgan fingerprint density at radius 2 is 2.00 bits per heavy atom. The molecular weight excluding hydrogens is 336 g/mol. The molecule has 0 aliphatic rings. The second-order valence-corrected chi connectivity index (χ2v) is 5.51. The van der Waals surface area contributed by atoms with Crippen molar-refractivity contribution < 1.29 is 14.1 Å². The molecule has 1 amide bonds. The van der Waals surface area contributed by atoms with Gasteiger partial charge in [0.05, 0.1) is 12.3 Å². The number of nitrogens with zero attached hydrogens (tertiary/aromatic N) is 3. The summed E-state index contributed by atoms with van der Waals surface area (Å²) < 4.78 is 11.2. The van der Waals surface area contributed by atoms with Crippen LogP contribution in [0.5, 0.6) is 5.75 Å². The minimum absolute atomic E-state index is 0.276. The van der Waals surface area contributed by atoms with Gasteiger partial charge in [-0.05, 0) is 44.2 Å². The lowest BCUT2D eigenvalue weighted by atomic mass is 10.1. The van der Waals surface area contributed by atoms with Gasteiger partial charge in [-0.25, -0.2) is 4.68 Å². The van der Waals surface area contributed by atoms with Crippen molar-refractivity contribution in [1.29, 1.82) is 0 Å². The van der Waals surface area contributed by atoms with Gasteiger partial charge < -0.3 is 14.6 Å². The molecule has 0 bridgehead atoms. The van der Waals surface area contributed by atoms with Crippen LogP contribution >= 0.6 is 0 Å². The molecule has 0 radical (unpaired) electrons. The van der Waals surface area contributed by atoms with Crippen LogP contribution in [0.3, 0.4) is 0 Å². The third-order valence-electron chi connectivity index (χ3n) is 3.72. The summed E-state index contributed by atoms with van der Waals surface area (Å²) in [6.45, 7) is 4.09. The molecule has 3 aromatic rings. The predicted molar refractivity (Wildman–Crippen MR) is 94.9 cm³/mol. The van der Waals surface area contributed by atoms with Gasteiger partial charge in [-0.3, -0.25) is 9.59 Å². The van der Waals surface area contributed by atoms with Gasteiger partial charge in [0, 0.05) is 17.7 Å². The van der Waals surface area contributed by atoms with Gasteiger partial charge in [0.2, 0.25) is 5.91 Å². The van der Waals surface area contributed by atoms with Gasteiger partial charge in [0.1, 0.15) is 18.1 Å². The largest absolute Gasteiger partial charge is 0.494 e. The molecule has 8 heteroatoms. The Kier molecular flexibility index (Phi) is 5.12. The van der Waals surface area contributed by atoms with Crippen LogP contribution in [0, 0.1) is 0 Å². The fraction of sp³-hybridized carbons (Fsp3) is 0.222. The van der Waals surface area contributed by atoms with E-state index in [1.165, 1.54) is 18.4 Å². The SMILES string of the molecule is CCOc1ccc(-c2ccc(=O)n([C@@H](C)C(=O)Nc3ccon3)n2)cc1. The lowest BCUT2D eigenvalue weighted by Crippen LogP contribution is -2.33. The molecule has 1 aromatic carbocycles. The zero-order chi connectivity index (χ0) is 18.5. The summed E-state index contributed by atoms with van der Waals surface area (Å²) in [4.78, 5) is 24.5. The molecular formula is C18H18N4O4. The Morgan fingerprint density at radius 1 is 1.23 bits per heavy atom. The molecule has 3 rings (SSSR count). The standard InChI is InChI=1S/C18H18N4O4/c1-3-25-14-6-4-13(5-7-14)15-8-9-17(23)22(20-15)12(2)18(24)19-16-10-11-26-21-16/h4-12H,3H2,1-2H3,(H,19,21,24)/t12-/m0/s1. The highest BCUT2D eigenvalue weighted by molar-refractivity contribution is 5.92. The van der Waals surface area contributed by atoms with Gasteiger partial charge >= 0.3 is 0 Å². The van der Waals surface area contributed by atoms with Crippen LogP contribution in [-0.2, 0) is 4.79 Å². The lowest BCUT2D eigenvalue weighted by Gasteiger charge is -2.14. The maximum atomic E-state index is 12.3. The molecule has 2 aromatic heterocycles. The van der Waals surface area contributed by atoms with Crippen molar-refractivity contribution in [2.24, 2.45) is 0 Å². The Hall–Kier alpha value is -3.42. The molecule has 0 fully saturated rings. The number of carbonyl (C=O) groups excluding carboxylic acids is 1. The van der Waals surface area contributed by atoms with Gasteiger partial charge in [-0.1, -0.05) is 5.16 Å². The maximum Gasteiger partial charge on any atom is 0.267 e. The van der Waals surface area contributed by atoms with Crippen molar-refractivity contribution in [3.63, 3.8) is 0 Å². The van der Waals surface area contributed by atoms with Crippen molar-refractivity contribution in [2.75, 3.05) is 11.9 Å². The first-order valence-electron chi connectivity index (χ1n) is 8.13. The van der Waals surface area contributed by atoms with Crippen LogP contribution in [0.1, 0.15) is 19.9 Å². The van der Waals surface area contributed by atoms with E-state index in [2.05, 4.69) is 20.1 Å². The number of aromatic nitrogens is 3. The molecule has 0 spiro atoms. The van der Waals surface area contributed by atoms with Gasteiger partial charge in [0.15, 0.2) is 5.82 Å². The molecule has 0 aliphatic carbocycles. The third-order valence-corrected chi connectivity index (χ3v) is 3.72. The molecule has 0 unspecified atom stereocenters. The van der Waals surface area contributed by atoms with E-state index in [-0.39, 0.29) is 11.4 Å². The predicted octanol–water partition coefficient (Wildman–Crippen LogP) is 2.50. The van der Waals surface area contributed by atoms with Crippen LogP contribution < -0.4 is 15.6 Å². The second kappa shape index (κ2) is 7.64. The van der Waals surface area contributed by atoms with E-state index in [0.29, 0.717) is 12.3 Å². The monoisotopic (exact) mass is 354 g/mol. The van der Waals surface area contributed by atoms with E-state index >= 15 is 0 Å². The highest BCUT2D eigenvalue weighted by Crippen LogP contribution is 2.20. The average Bonchev–Trinajstić information content (AvgIpc) is 3.15. The maximum absolute atomic E-state index is 12.3. The minimum atomic E-state index is -0.818. The summed E-state index contributed by atoms with van der Waals surface area (Å²) >= 11 is 0. The number of amides is 1. The van der Waals surface area contributed by atoms with Crippen LogP contribution in [-0.4, -0.2) is 27.5 Å². The van der Waals surface area contributed by atoms with Crippen LogP contribution in [0.2, 0.25) is 0 Å². The van der Waals surface area contributed by atoms with Gasteiger partial charge in [-0.15, -0.1) is 0 Å². The van der Waals surface area contributed by atoms with Gasteiger partial charge in [0.25, 0.3) is 5.56 Å². The summed E-state index contributed by atoms with van der Waals surface area (Å²) in [5, 5.41) is 10.5. The minimum Gasteiger partial charge on any atom is -0.494 e. The van der Waals surface area contributed by atoms with E-state index in [0.717, 1.165) is 16.0 Å². The molecule has 2 heterocycles. The highest BCUT2D eigenvalue weighted by atomic mass is 16.5. The van der Waals surface area contributed by atoms with Crippen molar-refractivity contribution >= 4 is 11.7 Å². The molecule has 8 nitrogen and oxygen atoms in total. The van der Waals surface area contributed by atoms with E-state index < -0.39 is 11.9 Å². The van der Waals surface area contributed by atoms with Crippen molar-refractivity contribution in [3.8, 4) is 17.0 Å². The topological polar surface area (TPSA) is 99.2 Å². The van der Waals surface area contributed by atoms with E-state index in [9.17, 15) is 9.59 Å². The van der Waals surface area contributed by atoms with E-state index in [1.54, 1.807) is 13.0 Å². The Morgan fingerprint density at radius 3 is 2.65 bits per heavy atom. The number of carbonyl (C=O) groups is 1. The second-order valence-electron chi connectivity index (χ2n) is 5.51. The van der Waals surface area contributed by atoms with Crippen molar-refractivity contribution in [1.82, 2.24) is 14.9 Å². The normalized spacial score (nSPS) is 11.8. The van der Waals surface area contributed by atoms with E-state index in [1.807, 2.05) is 31.2 Å². The first-order valence-corrected chi connectivity index (χ1v) is 8.13. The molecule has 0 saturated carbocycles. The molecule has 26 heavy (non-hydrogen) atoms. The fourth-order valence-electron chi connectivity index (χ4n) is 2.36. The molecule has 134 valence electrons. The molecule has 0 aliphatic heterocycles. The average molecular weight is 354 g/mol. The summed E-state index contributed by atoms with van der Waals surface area (Å²) in [7, 11) is 0. The Labute approximate surface area is 149 Å². The van der Waals surface area contributed by atoms with Gasteiger partial charge in [-0.2, -0.15) is 5.10 Å². The summed E-state index contributed by atoms with van der Waals surface area (Å²) in [6.07, 6.45) is 1.34. The quantitative estimate of drug-likeness (QED) is 0.730. The summed E-state index contributed by atoms with van der Waals surface area (Å²) in [6, 6.07) is 11.1. The van der Waals surface area contributed by atoms with Crippen molar-refractivity contribution in [3.05, 3.63) is 59.1 Å². The smallest absolute Gasteiger partial charge is 0.267 e. The number of benzene rings is 1. The van der Waals surface area contributed by atoms with E-state index in [4.69, 9.17) is 4.74 Å². The fourth-order valence-corrected chi connectivity index (χ4v) is 2.36. The number of hydrogen-bond donors (Lipinski definition) is 1. The van der Waals surface area contributed by atoms with Crippen molar-refractivity contribution in [2.45, 2.75) is 19.9 Å². The number of rotatable bonds is 6. The summed E-state index contributed by atoms with van der Waals surface area (Å²) in [5.41, 5.74) is 1.02.